The average molecular weight is 287 g/mol. The first-order valence-corrected chi connectivity index (χ1v) is 8.63. The van der Waals surface area contributed by atoms with Crippen LogP contribution in [0.2, 0.25) is 0 Å². The average Bonchev–Trinajstić information content (AvgIpc) is 2.74. The minimum absolute atomic E-state index is 0.594. The summed E-state index contributed by atoms with van der Waals surface area (Å²) in [5, 5.41) is 3.81. The summed E-state index contributed by atoms with van der Waals surface area (Å²) >= 11 is 0. The van der Waals surface area contributed by atoms with Crippen LogP contribution >= 0.6 is 0 Å². The molecule has 0 radical (unpaired) electrons. The van der Waals surface area contributed by atoms with Crippen LogP contribution in [0.1, 0.15) is 44.7 Å². The zero-order chi connectivity index (χ0) is 14.7. The van der Waals surface area contributed by atoms with Gasteiger partial charge in [0, 0.05) is 36.4 Å². The maximum absolute atomic E-state index is 4.54. The first-order valence-electron chi connectivity index (χ1n) is 8.63. The highest BCUT2D eigenvalue weighted by Gasteiger charge is 2.40. The number of hydrogen-bond acceptors (Lipinski definition) is 3. The van der Waals surface area contributed by atoms with Crippen molar-refractivity contribution in [3.63, 3.8) is 0 Å². The summed E-state index contributed by atoms with van der Waals surface area (Å²) in [6, 6.07) is 8.53. The zero-order valence-corrected chi connectivity index (χ0v) is 13.5. The minimum atomic E-state index is 0.594. The Morgan fingerprint density at radius 3 is 2.67 bits per heavy atom. The van der Waals surface area contributed by atoms with Crippen LogP contribution in [0, 0.1) is 5.92 Å². The van der Waals surface area contributed by atoms with E-state index in [2.05, 4.69) is 41.3 Å². The van der Waals surface area contributed by atoms with Crippen LogP contribution in [0.5, 0.6) is 0 Å². The van der Waals surface area contributed by atoms with Crippen molar-refractivity contribution in [1.82, 2.24) is 15.2 Å². The number of aromatic nitrogens is 1. The van der Waals surface area contributed by atoms with Crippen LogP contribution in [0.15, 0.2) is 24.4 Å². The van der Waals surface area contributed by atoms with E-state index < -0.39 is 0 Å². The van der Waals surface area contributed by atoms with Crippen LogP contribution in [0.3, 0.4) is 0 Å². The quantitative estimate of drug-likeness (QED) is 0.872. The molecule has 3 heterocycles. The largest absolute Gasteiger partial charge is 0.313 e. The molecular weight excluding hydrogens is 258 g/mol. The Kier molecular flexibility index (Phi) is 4.91. The smallest absolute Gasteiger partial charge is 0.0419 e. The van der Waals surface area contributed by atoms with E-state index in [1.807, 2.05) is 12.3 Å². The Labute approximate surface area is 129 Å². The molecule has 2 aliphatic heterocycles. The molecule has 0 saturated carbocycles. The number of pyridine rings is 1. The van der Waals surface area contributed by atoms with Crippen LogP contribution in [-0.2, 0) is 6.42 Å². The molecule has 2 aliphatic rings. The molecule has 0 spiro atoms. The third kappa shape index (κ3) is 3.46. The number of fused-ring (bicyclic) bond motifs is 2. The van der Waals surface area contributed by atoms with Crippen LogP contribution in [-0.4, -0.2) is 41.6 Å². The molecule has 3 heteroatoms. The number of rotatable bonds is 6. The molecule has 0 amide bonds. The van der Waals surface area contributed by atoms with Crippen LogP contribution in [0.25, 0.3) is 0 Å². The Hall–Kier alpha value is -0.930. The van der Waals surface area contributed by atoms with Crippen molar-refractivity contribution in [3.8, 4) is 0 Å². The van der Waals surface area contributed by atoms with Gasteiger partial charge in [0.1, 0.15) is 0 Å². The molecule has 0 aromatic carbocycles. The molecule has 116 valence electrons. The fraction of sp³-hybridized carbons (Fsp3) is 0.722. The summed E-state index contributed by atoms with van der Waals surface area (Å²) in [7, 11) is 2.33. The molecule has 0 aliphatic carbocycles. The van der Waals surface area contributed by atoms with Crippen molar-refractivity contribution >= 4 is 0 Å². The summed E-state index contributed by atoms with van der Waals surface area (Å²) in [4.78, 5) is 7.17. The van der Waals surface area contributed by atoms with Crippen LogP contribution < -0.4 is 5.32 Å². The topological polar surface area (TPSA) is 28.2 Å². The first kappa shape index (κ1) is 15.0. The van der Waals surface area contributed by atoms with Crippen molar-refractivity contribution in [2.75, 3.05) is 13.6 Å². The molecular formula is C18H29N3. The van der Waals surface area contributed by atoms with Gasteiger partial charge in [-0.25, -0.2) is 0 Å². The fourth-order valence-corrected chi connectivity index (χ4v) is 4.26. The predicted molar refractivity (Wildman–Crippen MR) is 87.3 cm³/mol. The van der Waals surface area contributed by atoms with Gasteiger partial charge in [-0.15, -0.1) is 0 Å². The summed E-state index contributed by atoms with van der Waals surface area (Å²) in [5.74, 6) is 0.812. The van der Waals surface area contributed by atoms with E-state index in [-0.39, 0.29) is 0 Å². The molecule has 21 heavy (non-hydrogen) atoms. The van der Waals surface area contributed by atoms with Gasteiger partial charge in [0.2, 0.25) is 0 Å². The van der Waals surface area contributed by atoms with E-state index in [4.69, 9.17) is 0 Å². The summed E-state index contributed by atoms with van der Waals surface area (Å²) in [6.45, 7) is 3.38. The Morgan fingerprint density at radius 1 is 1.29 bits per heavy atom. The second-order valence-corrected chi connectivity index (χ2v) is 6.87. The van der Waals surface area contributed by atoms with Crippen molar-refractivity contribution in [3.05, 3.63) is 30.1 Å². The van der Waals surface area contributed by atoms with Crippen LogP contribution in [0.4, 0.5) is 0 Å². The molecule has 3 atom stereocenters. The highest BCUT2D eigenvalue weighted by atomic mass is 15.2. The normalized spacial score (nSPS) is 30.5. The van der Waals surface area contributed by atoms with Gasteiger partial charge in [0.05, 0.1) is 0 Å². The molecule has 2 saturated heterocycles. The van der Waals surface area contributed by atoms with Gasteiger partial charge in [-0.05, 0) is 63.7 Å². The van der Waals surface area contributed by atoms with E-state index in [9.17, 15) is 0 Å². The number of nitrogens with zero attached hydrogens (tertiary/aromatic N) is 2. The molecule has 1 N–H and O–H groups in total. The third-order valence-corrected chi connectivity index (χ3v) is 5.52. The van der Waals surface area contributed by atoms with E-state index in [1.165, 1.54) is 37.8 Å². The molecule has 2 bridgehead atoms. The van der Waals surface area contributed by atoms with Gasteiger partial charge >= 0.3 is 0 Å². The van der Waals surface area contributed by atoms with E-state index in [0.29, 0.717) is 6.04 Å². The Bertz CT molecular complexity index is 419. The van der Waals surface area contributed by atoms with Crippen molar-refractivity contribution in [2.45, 2.75) is 63.6 Å². The lowest BCUT2D eigenvalue weighted by molar-refractivity contribution is 0.112. The maximum atomic E-state index is 4.54. The summed E-state index contributed by atoms with van der Waals surface area (Å²) in [5.41, 5.74) is 1.23. The number of nitrogens with one attached hydrogen (secondary N) is 1. The Morgan fingerprint density at radius 2 is 2.05 bits per heavy atom. The van der Waals surface area contributed by atoms with Crippen molar-refractivity contribution in [1.29, 1.82) is 0 Å². The van der Waals surface area contributed by atoms with Gasteiger partial charge in [-0.1, -0.05) is 13.0 Å². The lowest BCUT2D eigenvalue weighted by atomic mass is 9.83. The van der Waals surface area contributed by atoms with Gasteiger partial charge in [-0.2, -0.15) is 0 Å². The van der Waals surface area contributed by atoms with Crippen molar-refractivity contribution in [2.24, 2.45) is 5.92 Å². The Balaban J connectivity index is 1.67. The van der Waals surface area contributed by atoms with E-state index in [0.717, 1.165) is 31.0 Å². The number of piperidine rings is 1. The van der Waals surface area contributed by atoms with Gasteiger partial charge < -0.3 is 10.2 Å². The van der Waals surface area contributed by atoms with Gasteiger partial charge in [-0.3, -0.25) is 4.98 Å². The maximum Gasteiger partial charge on any atom is 0.0419 e. The van der Waals surface area contributed by atoms with Gasteiger partial charge in [0.15, 0.2) is 0 Å². The molecule has 1 aromatic heterocycles. The third-order valence-electron chi connectivity index (χ3n) is 5.52. The SMILES string of the molecule is CCCNC(Cc1ccccn1)C1CC2CCC(C1)N2C. The standard InChI is InChI=1S/C18H29N3/c1-3-9-20-18(13-15-6-4-5-10-19-15)14-11-16-7-8-17(12-14)21(16)2/h4-6,10,14,16-18,20H,3,7-9,11-13H2,1-2H3. The van der Waals surface area contributed by atoms with E-state index in [1.54, 1.807) is 0 Å². The fourth-order valence-electron chi connectivity index (χ4n) is 4.26. The minimum Gasteiger partial charge on any atom is -0.313 e. The van der Waals surface area contributed by atoms with Crippen molar-refractivity contribution < 1.29 is 0 Å². The molecule has 2 fully saturated rings. The number of hydrogen-bond donors (Lipinski definition) is 1. The van der Waals surface area contributed by atoms with E-state index >= 15 is 0 Å². The monoisotopic (exact) mass is 287 g/mol. The first-order chi connectivity index (χ1) is 10.3. The molecule has 3 unspecified atom stereocenters. The highest BCUT2D eigenvalue weighted by molar-refractivity contribution is 5.07. The second-order valence-electron chi connectivity index (χ2n) is 6.87. The highest BCUT2D eigenvalue weighted by Crippen LogP contribution is 2.39. The molecule has 1 aromatic rings. The summed E-state index contributed by atoms with van der Waals surface area (Å²) in [6.07, 6.45) is 9.74. The molecule has 3 nitrogen and oxygen atoms in total. The van der Waals surface area contributed by atoms with Gasteiger partial charge in [0.25, 0.3) is 0 Å². The predicted octanol–water partition coefficient (Wildman–Crippen LogP) is 2.87. The lowest BCUT2D eigenvalue weighted by Gasteiger charge is -2.40. The zero-order valence-electron chi connectivity index (χ0n) is 13.5. The summed E-state index contributed by atoms with van der Waals surface area (Å²) < 4.78 is 0. The lowest BCUT2D eigenvalue weighted by Crippen LogP contribution is -2.48. The molecule has 3 rings (SSSR count). The second kappa shape index (κ2) is 6.89.